The zero-order chi connectivity index (χ0) is 23.8. The summed E-state index contributed by atoms with van der Waals surface area (Å²) >= 11 is 0. The topological polar surface area (TPSA) is 61.9 Å². The van der Waals surface area contributed by atoms with Crippen molar-refractivity contribution < 1.29 is 14.3 Å². The van der Waals surface area contributed by atoms with Gasteiger partial charge in [-0.1, -0.05) is 49.6 Å². The molecule has 2 aromatic carbocycles. The van der Waals surface area contributed by atoms with Gasteiger partial charge in [0, 0.05) is 44.3 Å². The maximum atomic E-state index is 12.7. The Labute approximate surface area is 203 Å². The Balaban J connectivity index is 1.17. The lowest BCUT2D eigenvalue weighted by Gasteiger charge is -2.33. The van der Waals surface area contributed by atoms with Gasteiger partial charge in [-0.05, 0) is 55.5 Å². The Hall–Kier alpha value is -3.02. The maximum absolute atomic E-state index is 12.7. The van der Waals surface area contributed by atoms with Crippen LogP contribution in [0.3, 0.4) is 0 Å². The number of piperidine rings is 1. The highest BCUT2D eigenvalue weighted by Crippen LogP contribution is 2.26. The molecule has 0 aromatic heterocycles. The smallest absolute Gasteiger partial charge is 0.260 e. The summed E-state index contributed by atoms with van der Waals surface area (Å²) in [6, 6.07) is 18.6. The van der Waals surface area contributed by atoms with Gasteiger partial charge in [-0.15, -0.1) is 0 Å². The van der Waals surface area contributed by atoms with E-state index >= 15 is 0 Å². The zero-order valence-electron chi connectivity index (χ0n) is 20.2. The van der Waals surface area contributed by atoms with Gasteiger partial charge in [0.25, 0.3) is 5.91 Å². The molecule has 1 aliphatic heterocycles. The van der Waals surface area contributed by atoms with E-state index in [4.69, 9.17) is 4.74 Å². The van der Waals surface area contributed by atoms with Crippen LogP contribution < -0.4 is 15.0 Å². The number of likely N-dealkylation sites (tertiary alicyclic amines) is 1. The molecule has 2 aliphatic rings. The molecule has 2 aromatic rings. The molecule has 0 radical (unpaired) electrons. The normalized spacial score (nSPS) is 17.3. The highest BCUT2D eigenvalue weighted by atomic mass is 16.5. The average Bonchev–Trinajstić information content (AvgIpc) is 2.91. The fourth-order valence-electron chi connectivity index (χ4n) is 5.01. The lowest BCUT2D eigenvalue weighted by Crippen LogP contribution is -2.44. The molecule has 1 heterocycles. The van der Waals surface area contributed by atoms with Gasteiger partial charge in [0.2, 0.25) is 5.91 Å². The van der Waals surface area contributed by atoms with Crippen molar-refractivity contribution in [2.24, 2.45) is 5.92 Å². The Morgan fingerprint density at radius 1 is 0.941 bits per heavy atom. The highest BCUT2D eigenvalue weighted by Gasteiger charge is 2.27. The second-order valence-electron chi connectivity index (χ2n) is 9.54. The van der Waals surface area contributed by atoms with Crippen molar-refractivity contribution >= 4 is 17.5 Å². The molecule has 2 fully saturated rings. The van der Waals surface area contributed by atoms with E-state index in [1.807, 2.05) is 30.3 Å². The van der Waals surface area contributed by atoms with Crippen molar-refractivity contribution in [2.75, 3.05) is 31.6 Å². The molecule has 4 rings (SSSR count). The predicted molar refractivity (Wildman–Crippen MR) is 135 cm³/mol. The van der Waals surface area contributed by atoms with E-state index in [0.717, 1.165) is 5.56 Å². The third-order valence-corrected chi connectivity index (χ3v) is 7.26. The van der Waals surface area contributed by atoms with E-state index in [-0.39, 0.29) is 24.3 Å². The van der Waals surface area contributed by atoms with E-state index < -0.39 is 0 Å². The minimum Gasteiger partial charge on any atom is -0.484 e. The summed E-state index contributed by atoms with van der Waals surface area (Å²) in [7, 11) is 2.19. The zero-order valence-corrected chi connectivity index (χ0v) is 20.2. The summed E-state index contributed by atoms with van der Waals surface area (Å²) in [6.07, 6.45) is 7.95. The SMILES string of the molecule is CN(c1ccc(CNC(=O)C2CCN(C(=O)COc3ccccc3)CC2)cc1)C1CCCCC1. The average molecular weight is 464 g/mol. The Bertz CT molecular complexity index is 918. The lowest BCUT2D eigenvalue weighted by molar-refractivity contribution is -0.137. The molecule has 6 nitrogen and oxygen atoms in total. The third-order valence-electron chi connectivity index (χ3n) is 7.26. The van der Waals surface area contributed by atoms with Crippen LogP contribution in [-0.2, 0) is 16.1 Å². The van der Waals surface area contributed by atoms with Crippen LogP contribution in [0.25, 0.3) is 0 Å². The van der Waals surface area contributed by atoms with Gasteiger partial charge < -0.3 is 19.9 Å². The monoisotopic (exact) mass is 463 g/mol. The van der Waals surface area contributed by atoms with E-state index in [9.17, 15) is 9.59 Å². The molecule has 0 bridgehead atoms. The number of hydrogen-bond donors (Lipinski definition) is 1. The number of hydrogen-bond acceptors (Lipinski definition) is 4. The number of nitrogens with zero attached hydrogens (tertiary/aromatic N) is 2. The van der Waals surface area contributed by atoms with E-state index in [1.165, 1.54) is 37.8 Å². The van der Waals surface area contributed by atoms with Crippen molar-refractivity contribution in [2.45, 2.75) is 57.5 Å². The fourth-order valence-corrected chi connectivity index (χ4v) is 5.01. The van der Waals surface area contributed by atoms with Gasteiger partial charge in [0.15, 0.2) is 6.61 Å². The summed E-state index contributed by atoms with van der Waals surface area (Å²) in [5.41, 5.74) is 2.36. The van der Waals surface area contributed by atoms with Crippen molar-refractivity contribution in [3.63, 3.8) is 0 Å². The number of benzene rings is 2. The van der Waals surface area contributed by atoms with Gasteiger partial charge in [-0.2, -0.15) is 0 Å². The van der Waals surface area contributed by atoms with Crippen molar-refractivity contribution in [1.82, 2.24) is 10.2 Å². The number of carbonyl (C=O) groups excluding carboxylic acids is 2. The molecule has 0 unspecified atom stereocenters. The molecule has 0 spiro atoms. The molecule has 1 saturated carbocycles. The first-order valence-corrected chi connectivity index (χ1v) is 12.7. The molecule has 6 heteroatoms. The fraction of sp³-hybridized carbons (Fsp3) is 0.500. The number of anilines is 1. The maximum Gasteiger partial charge on any atom is 0.260 e. The molecule has 1 saturated heterocycles. The molecule has 0 atom stereocenters. The molecular weight excluding hydrogens is 426 g/mol. The van der Waals surface area contributed by atoms with E-state index in [1.54, 1.807) is 4.90 Å². The second kappa shape index (κ2) is 11.9. The predicted octanol–water partition coefficient (Wildman–Crippen LogP) is 4.39. The summed E-state index contributed by atoms with van der Waals surface area (Å²) < 4.78 is 5.57. The molecule has 2 amide bonds. The molecule has 182 valence electrons. The Morgan fingerprint density at radius 2 is 1.62 bits per heavy atom. The first kappa shape index (κ1) is 24.1. The minimum atomic E-state index is -0.0456. The minimum absolute atomic E-state index is 0.0269. The first-order valence-electron chi connectivity index (χ1n) is 12.7. The molecule has 34 heavy (non-hydrogen) atoms. The number of amides is 2. The van der Waals surface area contributed by atoms with Gasteiger partial charge in [-0.3, -0.25) is 9.59 Å². The standard InChI is InChI=1S/C28H37N3O3/c1-30(24-8-4-2-5-9-24)25-14-12-22(13-15-25)20-29-28(33)23-16-18-31(19-17-23)27(32)21-34-26-10-6-3-7-11-26/h3,6-7,10-15,23-24H,2,4-5,8-9,16-21H2,1H3,(H,29,33). The van der Waals surface area contributed by atoms with Gasteiger partial charge in [0.1, 0.15) is 5.75 Å². The molecular formula is C28H37N3O3. The van der Waals surface area contributed by atoms with Crippen LogP contribution in [0.4, 0.5) is 5.69 Å². The number of rotatable bonds is 8. The Kier molecular flexibility index (Phi) is 8.45. The van der Waals surface area contributed by atoms with Crippen LogP contribution in [0.15, 0.2) is 54.6 Å². The third kappa shape index (κ3) is 6.52. The van der Waals surface area contributed by atoms with Crippen LogP contribution in [0.5, 0.6) is 5.75 Å². The highest BCUT2D eigenvalue weighted by molar-refractivity contribution is 5.80. The number of nitrogens with one attached hydrogen (secondary N) is 1. The second-order valence-corrected chi connectivity index (χ2v) is 9.54. The van der Waals surface area contributed by atoms with Gasteiger partial charge in [0.05, 0.1) is 0 Å². The van der Waals surface area contributed by atoms with E-state index in [0.29, 0.717) is 44.3 Å². The van der Waals surface area contributed by atoms with Crippen LogP contribution in [0.2, 0.25) is 0 Å². The number of para-hydroxylation sites is 1. The van der Waals surface area contributed by atoms with Crippen molar-refractivity contribution in [3.05, 3.63) is 60.2 Å². The Morgan fingerprint density at radius 3 is 2.29 bits per heavy atom. The van der Waals surface area contributed by atoms with Crippen LogP contribution in [0, 0.1) is 5.92 Å². The first-order chi connectivity index (χ1) is 16.6. The summed E-state index contributed by atoms with van der Waals surface area (Å²) in [5, 5.41) is 3.09. The quantitative estimate of drug-likeness (QED) is 0.631. The number of carbonyl (C=O) groups is 2. The van der Waals surface area contributed by atoms with Crippen molar-refractivity contribution in [3.8, 4) is 5.75 Å². The lowest BCUT2D eigenvalue weighted by atomic mass is 9.94. The van der Waals surface area contributed by atoms with Gasteiger partial charge >= 0.3 is 0 Å². The summed E-state index contributed by atoms with van der Waals surface area (Å²) in [6.45, 7) is 1.76. The van der Waals surface area contributed by atoms with Crippen LogP contribution in [-0.4, -0.2) is 49.5 Å². The summed E-state index contributed by atoms with van der Waals surface area (Å²) in [5.74, 6) is 0.701. The molecule has 1 N–H and O–H groups in total. The summed E-state index contributed by atoms with van der Waals surface area (Å²) in [4.78, 5) is 29.3. The van der Waals surface area contributed by atoms with Crippen LogP contribution >= 0.6 is 0 Å². The van der Waals surface area contributed by atoms with Crippen LogP contribution in [0.1, 0.15) is 50.5 Å². The van der Waals surface area contributed by atoms with Crippen molar-refractivity contribution in [1.29, 1.82) is 0 Å². The number of ether oxygens (including phenoxy) is 1. The van der Waals surface area contributed by atoms with E-state index in [2.05, 4.69) is 41.5 Å². The molecule has 1 aliphatic carbocycles. The largest absolute Gasteiger partial charge is 0.484 e. The van der Waals surface area contributed by atoms with Gasteiger partial charge in [-0.25, -0.2) is 0 Å².